The predicted molar refractivity (Wildman–Crippen MR) is 62.4 cm³/mol. The van der Waals surface area contributed by atoms with Crippen molar-refractivity contribution in [1.82, 2.24) is 10.2 Å². The quantitative estimate of drug-likeness (QED) is 0.796. The summed E-state index contributed by atoms with van der Waals surface area (Å²) in [4.78, 5) is 0. The van der Waals surface area contributed by atoms with Crippen LogP contribution in [0.15, 0.2) is 36.7 Å². The Bertz CT molecular complexity index is 512. The highest BCUT2D eigenvalue weighted by molar-refractivity contribution is 6.30. The molecule has 0 radical (unpaired) electrons. The van der Waals surface area contributed by atoms with E-state index in [1.807, 2.05) is 0 Å². The fraction of sp³-hybridized carbons (Fsp3) is 0. The van der Waals surface area contributed by atoms with Crippen molar-refractivity contribution in [2.45, 2.75) is 0 Å². The highest BCUT2D eigenvalue weighted by atomic mass is 35.5. The van der Waals surface area contributed by atoms with E-state index in [1.54, 1.807) is 36.7 Å². The predicted octanol–water partition coefficient (Wildman–Crippen LogP) is 3.44. The molecule has 0 aliphatic carbocycles. The van der Waals surface area contributed by atoms with Gasteiger partial charge in [0.2, 0.25) is 0 Å². The Morgan fingerprint density at radius 1 is 1.12 bits per heavy atom. The molecule has 0 fully saturated rings. The highest BCUT2D eigenvalue weighted by Crippen LogP contribution is 2.17. The summed E-state index contributed by atoms with van der Waals surface area (Å²) in [5.74, 6) is -0.303. The first-order chi connectivity index (χ1) is 7.75. The number of nitrogens with zero attached hydrogens (tertiary/aromatic N) is 2. The van der Waals surface area contributed by atoms with Crippen molar-refractivity contribution in [1.29, 1.82) is 0 Å². The van der Waals surface area contributed by atoms with Crippen molar-refractivity contribution in [3.63, 3.8) is 0 Å². The molecule has 0 saturated carbocycles. The molecule has 1 aromatic carbocycles. The molecular weight excluding hydrogens is 227 g/mol. The molecule has 0 aliphatic rings. The average Bonchev–Trinajstić information content (AvgIpc) is 2.32. The van der Waals surface area contributed by atoms with Crippen molar-refractivity contribution >= 4 is 23.8 Å². The zero-order valence-corrected chi connectivity index (χ0v) is 9.03. The van der Waals surface area contributed by atoms with Gasteiger partial charge in [-0.15, -0.1) is 0 Å². The molecule has 0 unspecified atom stereocenters. The molecule has 0 N–H and O–H groups in total. The van der Waals surface area contributed by atoms with Crippen LogP contribution in [-0.2, 0) is 0 Å². The molecule has 2 aromatic rings. The van der Waals surface area contributed by atoms with Gasteiger partial charge in [0, 0.05) is 10.6 Å². The van der Waals surface area contributed by atoms with Crippen molar-refractivity contribution in [2.75, 3.05) is 0 Å². The van der Waals surface area contributed by atoms with Crippen molar-refractivity contribution in [2.24, 2.45) is 0 Å². The van der Waals surface area contributed by atoms with E-state index >= 15 is 0 Å². The summed E-state index contributed by atoms with van der Waals surface area (Å²) in [7, 11) is 0. The van der Waals surface area contributed by atoms with Gasteiger partial charge >= 0.3 is 0 Å². The molecule has 0 bridgehead atoms. The monoisotopic (exact) mass is 234 g/mol. The van der Waals surface area contributed by atoms with Gasteiger partial charge in [0.15, 0.2) is 0 Å². The Kier molecular flexibility index (Phi) is 3.27. The first-order valence-electron chi connectivity index (χ1n) is 4.65. The number of halogens is 2. The van der Waals surface area contributed by atoms with E-state index in [0.29, 0.717) is 10.6 Å². The molecule has 1 aromatic heterocycles. The van der Waals surface area contributed by atoms with Gasteiger partial charge in [0.1, 0.15) is 5.82 Å². The van der Waals surface area contributed by atoms with Gasteiger partial charge in [0.25, 0.3) is 0 Å². The van der Waals surface area contributed by atoms with Crippen LogP contribution >= 0.6 is 11.6 Å². The minimum Gasteiger partial charge on any atom is -0.206 e. The fourth-order valence-corrected chi connectivity index (χ4v) is 1.41. The number of hydrogen-bond acceptors (Lipinski definition) is 2. The second-order valence-corrected chi connectivity index (χ2v) is 3.61. The van der Waals surface area contributed by atoms with Crippen LogP contribution in [0.1, 0.15) is 11.1 Å². The van der Waals surface area contributed by atoms with E-state index in [0.717, 1.165) is 5.56 Å². The second kappa shape index (κ2) is 4.86. The number of rotatable bonds is 2. The lowest BCUT2D eigenvalue weighted by atomic mass is 10.1. The zero-order chi connectivity index (χ0) is 11.4. The summed E-state index contributed by atoms with van der Waals surface area (Å²) in [6.45, 7) is 0. The lowest BCUT2D eigenvalue weighted by Crippen LogP contribution is -1.82. The molecule has 16 heavy (non-hydrogen) atoms. The molecule has 4 heteroatoms. The van der Waals surface area contributed by atoms with Gasteiger partial charge in [-0.25, -0.2) is 4.39 Å². The van der Waals surface area contributed by atoms with Crippen molar-refractivity contribution in [3.05, 3.63) is 58.6 Å². The average molecular weight is 235 g/mol. The van der Waals surface area contributed by atoms with Crippen molar-refractivity contribution in [3.8, 4) is 0 Å². The normalized spacial score (nSPS) is 10.9. The molecule has 2 nitrogen and oxygen atoms in total. The molecular formula is C12H8ClFN2. The summed E-state index contributed by atoms with van der Waals surface area (Å²) < 4.78 is 13.3. The summed E-state index contributed by atoms with van der Waals surface area (Å²) in [5, 5.41) is 7.88. The Balaban J connectivity index is 2.27. The zero-order valence-electron chi connectivity index (χ0n) is 8.27. The van der Waals surface area contributed by atoms with Crippen molar-refractivity contribution < 1.29 is 4.39 Å². The van der Waals surface area contributed by atoms with E-state index in [2.05, 4.69) is 10.2 Å². The molecule has 80 valence electrons. The Morgan fingerprint density at radius 3 is 2.75 bits per heavy atom. The molecule has 1 heterocycles. The maximum absolute atomic E-state index is 13.3. The summed E-state index contributed by atoms with van der Waals surface area (Å²) in [5.41, 5.74) is 1.30. The third kappa shape index (κ3) is 2.64. The lowest BCUT2D eigenvalue weighted by molar-refractivity contribution is 0.625. The minimum absolute atomic E-state index is 0.303. The molecule has 0 spiro atoms. The topological polar surface area (TPSA) is 25.8 Å². The van der Waals surface area contributed by atoms with Crippen LogP contribution in [-0.4, -0.2) is 10.2 Å². The van der Waals surface area contributed by atoms with Crippen LogP contribution in [0, 0.1) is 5.82 Å². The van der Waals surface area contributed by atoms with E-state index in [9.17, 15) is 4.39 Å². The van der Waals surface area contributed by atoms with E-state index in [1.165, 1.54) is 12.1 Å². The highest BCUT2D eigenvalue weighted by Gasteiger charge is 1.98. The Hall–Kier alpha value is -1.74. The van der Waals surface area contributed by atoms with Crippen LogP contribution in [0.25, 0.3) is 12.2 Å². The number of hydrogen-bond donors (Lipinski definition) is 0. The number of aromatic nitrogens is 2. The Morgan fingerprint density at radius 2 is 2.00 bits per heavy atom. The SMILES string of the molecule is Fc1ccc(Cl)cc1/C=C/c1ccnnc1. The first kappa shape index (κ1) is 10.8. The lowest BCUT2D eigenvalue weighted by Gasteiger charge is -1.97. The van der Waals surface area contributed by atoms with Gasteiger partial charge in [-0.3, -0.25) is 0 Å². The van der Waals surface area contributed by atoms with Gasteiger partial charge in [-0.1, -0.05) is 23.8 Å². The van der Waals surface area contributed by atoms with Gasteiger partial charge < -0.3 is 0 Å². The fourth-order valence-electron chi connectivity index (χ4n) is 1.23. The maximum atomic E-state index is 13.3. The summed E-state index contributed by atoms with van der Waals surface area (Å²) in [6.07, 6.45) is 6.58. The molecule has 0 aliphatic heterocycles. The standard InChI is InChI=1S/C12H8ClFN2/c13-11-3-4-12(14)10(7-11)2-1-9-5-6-15-16-8-9/h1-8H/b2-1+. The largest absolute Gasteiger partial charge is 0.206 e. The Labute approximate surface area is 97.4 Å². The summed E-state index contributed by atoms with van der Waals surface area (Å²) >= 11 is 5.78. The third-order valence-corrected chi connectivity index (χ3v) is 2.26. The summed E-state index contributed by atoms with van der Waals surface area (Å²) in [6, 6.07) is 6.21. The van der Waals surface area contributed by atoms with E-state index in [4.69, 9.17) is 11.6 Å². The maximum Gasteiger partial charge on any atom is 0.130 e. The first-order valence-corrected chi connectivity index (χ1v) is 5.03. The van der Waals surface area contributed by atoms with Crippen LogP contribution in [0.4, 0.5) is 4.39 Å². The van der Waals surface area contributed by atoms with Crippen LogP contribution < -0.4 is 0 Å². The smallest absolute Gasteiger partial charge is 0.130 e. The minimum atomic E-state index is -0.303. The molecule has 2 rings (SSSR count). The molecule has 0 atom stereocenters. The van der Waals surface area contributed by atoms with Gasteiger partial charge in [0.05, 0.1) is 12.4 Å². The van der Waals surface area contributed by atoms with Crippen LogP contribution in [0.3, 0.4) is 0 Å². The van der Waals surface area contributed by atoms with E-state index < -0.39 is 0 Å². The third-order valence-electron chi connectivity index (χ3n) is 2.02. The second-order valence-electron chi connectivity index (χ2n) is 3.17. The molecule has 0 amide bonds. The van der Waals surface area contributed by atoms with Crippen LogP contribution in [0.5, 0.6) is 0 Å². The molecule has 0 saturated heterocycles. The van der Waals surface area contributed by atoms with Gasteiger partial charge in [-0.2, -0.15) is 10.2 Å². The van der Waals surface area contributed by atoms with E-state index in [-0.39, 0.29) is 5.82 Å². The number of benzene rings is 1. The van der Waals surface area contributed by atoms with Gasteiger partial charge in [-0.05, 0) is 29.8 Å². The van der Waals surface area contributed by atoms with Crippen LogP contribution in [0.2, 0.25) is 5.02 Å².